The van der Waals surface area contributed by atoms with Crippen molar-refractivity contribution in [3.05, 3.63) is 56.6 Å². The number of hydrogen-bond donors (Lipinski definition) is 1. The van der Waals surface area contributed by atoms with Crippen LogP contribution < -0.4 is 5.32 Å². The zero-order valence-corrected chi connectivity index (χ0v) is 12.5. The maximum absolute atomic E-state index is 4.35. The fourth-order valence-electron chi connectivity index (χ4n) is 1.50. The number of nitrogens with zero attached hydrogens (tertiary/aromatic N) is 1. The van der Waals surface area contributed by atoms with Gasteiger partial charge in [0.25, 0.3) is 0 Å². The molecule has 0 spiro atoms. The topological polar surface area (TPSA) is 24.9 Å². The van der Waals surface area contributed by atoms with E-state index >= 15 is 0 Å². The zero-order valence-electron chi connectivity index (χ0n) is 9.37. The highest BCUT2D eigenvalue weighted by Gasteiger charge is 2.01. The lowest BCUT2D eigenvalue weighted by Crippen LogP contribution is -2.02. The maximum Gasteiger partial charge on any atom is 0.140 e. The fraction of sp³-hybridized carbons (Fsp3) is 0.154. The molecule has 88 valence electrons. The van der Waals surface area contributed by atoms with Gasteiger partial charge in [-0.15, -0.1) is 0 Å². The van der Waals surface area contributed by atoms with Crippen molar-refractivity contribution < 1.29 is 0 Å². The van der Waals surface area contributed by atoms with E-state index in [4.69, 9.17) is 0 Å². The van der Waals surface area contributed by atoms with Gasteiger partial charge in [0.2, 0.25) is 0 Å². The molecule has 1 aromatic heterocycles. The van der Waals surface area contributed by atoms with Gasteiger partial charge in [-0.2, -0.15) is 0 Å². The van der Waals surface area contributed by atoms with Gasteiger partial charge >= 0.3 is 0 Å². The Kier molecular flexibility index (Phi) is 4.18. The molecule has 1 heterocycles. The van der Waals surface area contributed by atoms with Gasteiger partial charge in [0.15, 0.2) is 0 Å². The van der Waals surface area contributed by atoms with Crippen LogP contribution in [0.5, 0.6) is 0 Å². The van der Waals surface area contributed by atoms with Crippen LogP contribution in [-0.4, -0.2) is 4.98 Å². The van der Waals surface area contributed by atoms with E-state index in [1.807, 2.05) is 25.3 Å². The summed E-state index contributed by atoms with van der Waals surface area (Å²) in [5.74, 6) is 0.871. The van der Waals surface area contributed by atoms with Gasteiger partial charge in [-0.05, 0) is 52.2 Å². The molecule has 0 atom stereocenters. The Morgan fingerprint density at radius 2 is 2.06 bits per heavy atom. The normalized spacial score (nSPS) is 10.3. The standard InChI is InChI=1S/C13H12Br2N2/c1-9-5-12(15)13(16-7-9)17-8-10-3-2-4-11(14)6-10/h2-7H,8H2,1H3,(H,16,17). The van der Waals surface area contributed by atoms with E-state index in [9.17, 15) is 0 Å². The predicted octanol–water partition coefficient (Wildman–Crippen LogP) is 4.53. The molecule has 2 rings (SSSR count). The van der Waals surface area contributed by atoms with Gasteiger partial charge in [-0.1, -0.05) is 28.1 Å². The molecule has 0 saturated carbocycles. The number of pyridine rings is 1. The average molecular weight is 356 g/mol. The third-order valence-electron chi connectivity index (χ3n) is 2.33. The van der Waals surface area contributed by atoms with Crippen molar-refractivity contribution in [1.82, 2.24) is 4.98 Å². The van der Waals surface area contributed by atoms with Gasteiger partial charge < -0.3 is 5.32 Å². The SMILES string of the molecule is Cc1cnc(NCc2cccc(Br)c2)c(Br)c1. The first-order chi connectivity index (χ1) is 8.15. The summed E-state index contributed by atoms with van der Waals surface area (Å²) < 4.78 is 2.08. The summed E-state index contributed by atoms with van der Waals surface area (Å²) in [6, 6.07) is 10.3. The summed E-state index contributed by atoms with van der Waals surface area (Å²) in [5, 5.41) is 3.30. The molecule has 0 bridgehead atoms. The highest BCUT2D eigenvalue weighted by Crippen LogP contribution is 2.21. The summed E-state index contributed by atoms with van der Waals surface area (Å²) in [5.41, 5.74) is 2.36. The number of halogens is 2. The molecule has 4 heteroatoms. The van der Waals surface area contributed by atoms with Crippen molar-refractivity contribution in [3.63, 3.8) is 0 Å². The second-order valence-corrected chi connectivity index (χ2v) is 5.60. The van der Waals surface area contributed by atoms with Crippen molar-refractivity contribution in [2.75, 3.05) is 5.32 Å². The van der Waals surface area contributed by atoms with E-state index in [0.717, 1.165) is 26.9 Å². The minimum absolute atomic E-state index is 0.758. The van der Waals surface area contributed by atoms with E-state index < -0.39 is 0 Å². The summed E-state index contributed by atoms with van der Waals surface area (Å²) in [4.78, 5) is 4.35. The third-order valence-corrected chi connectivity index (χ3v) is 3.42. The number of aromatic nitrogens is 1. The highest BCUT2D eigenvalue weighted by atomic mass is 79.9. The Morgan fingerprint density at radius 1 is 1.24 bits per heavy atom. The molecule has 2 aromatic rings. The summed E-state index contributed by atoms with van der Waals surface area (Å²) in [7, 11) is 0. The smallest absolute Gasteiger partial charge is 0.140 e. The van der Waals surface area contributed by atoms with Gasteiger partial charge in [0.1, 0.15) is 5.82 Å². The minimum atomic E-state index is 0.758. The van der Waals surface area contributed by atoms with Gasteiger partial charge in [0.05, 0.1) is 4.47 Å². The summed E-state index contributed by atoms with van der Waals surface area (Å²) >= 11 is 6.96. The lowest BCUT2D eigenvalue weighted by atomic mass is 10.2. The van der Waals surface area contributed by atoms with Crippen molar-refractivity contribution in [2.24, 2.45) is 0 Å². The first kappa shape index (κ1) is 12.6. The van der Waals surface area contributed by atoms with Crippen LogP contribution in [0.15, 0.2) is 45.5 Å². The van der Waals surface area contributed by atoms with E-state index in [0.29, 0.717) is 0 Å². The zero-order chi connectivity index (χ0) is 12.3. The molecule has 1 aromatic carbocycles. The van der Waals surface area contributed by atoms with Crippen LogP contribution in [0.2, 0.25) is 0 Å². The average Bonchev–Trinajstić information content (AvgIpc) is 2.28. The van der Waals surface area contributed by atoms with Crippen LogP contribution >= 0.6 is 31.9 Å². The number of nitrogens with one attached hydrogen (secondary N) is 1. The van der Waals surface area contributed by atoms with E-state index in [-0.39, 0.29) is 0 Å². The molecular formula is C13H12Br2N2. The Bertz CT molecular complexity index is 527. The van der Waals surface area contributed by atoms with Gasteiger partial charge in [-0.3, -0.25) is 0 Å². The number of benzene rings is 1. The lowest BCUT2D eigenvalue weighted by Gasteiger charge is -2.08. The first-order valence-electron chi connectivity index (χ1n) is 5.25. The molecule has 0 aliphatic heterocycles. The fourth-order valence-corrected chi connectivity index (χ4v) is 2.55. The predicted molar refractivity (Wildman–Crippen MR) is 78.1 cm³/mol. The Balaban J connectivity index is 2.07. The Hall–Kier alpha value is -0.870. The van der Waals surface area contributed by atoms with Crippen molar-refractivity contribution in [3.8, 4) is 0 Å². The summed E-state index contributed by atoms with van der Waals surface area (Å²) in [6.45, 7) is 2.78. The highest BCUT2D eigenvalue weighted by molar-refractivity contribution is 9.10. The van der Waals surface area contributed by atoms with Crippen LogP contribution in [0, 0.1) is 6.92 Å². The molecule has 0 aliphatic rings. The molecule has 0 unspecified atom stereocenters. The second-order valence-electron chi connectivity index (χ2n) is 3.83. The summed E-state index contributed by atoms with van der Waals surface area (Å²) in [6.07, 6.45) is 1.86. The molecule has 0 amide bonds. The molecule has 1 N–H and O–H groups in total. The Morgan fingerprint density at radius 3 is 2.76 bits per heavy atom. The van der Waals surface area contributed by atoms with Crippen LogP contribution in [0.3, 0.4) is 0 Å². The first-order valence-corrected chi connectivity index (χ1v) is 6.84. The number of hydrogen-bond acceptors (Lipinski definition) is 2. The number of aryl methyl sites for hydroxylation is 1. The maximum atomic E-state index is 4.35. The molecule has 0 fully saturated rings. The van der Waals surface area contributed by atoms with Gasteiger partial charge in [-0.25, -0.2) is 4.98 Å². The molecule has 17 heavy (non-hydrogen) atoms. The lowest BCUT2D eigenvalue weighted by molar-refractivity contribution is 1.10. The molecule has 0 aliphatic carbocycles. The number of anilines is 1. The van der Waals surface area contributed by atoms with Crippen molar-refractivity contribution >= 4 is 37.7 Å². The monoisotopic (exact) mass is 354 g/mol. The molecule has 0 saturated heterocycles. The van der Waals surface area contributed by atoms with Crippen molar-refractivity contribution in [1.29, 1.82) is 0 Å². The van der Waals surface area contributed by atoms with E-state index in [1.165, 1.54) is 5.56 Å². The Labute approximate surface area is 118 Å². The van der Waals surface area contributed by atoms with Crippen LogP contribution in [0.25, 0.3) is 0 Å². The van der Waals surface area contributed by atoms with Crippen LogP contribution in [0.4, 0.5) is 5.82 Å². The molecule has 0 radical (unpaired) electrons. The minimum Gasteiger partial charge on any atom is -0.365 e. The largest absolute Gasteiger partial charge is 0.365 e. The molecular weight excluding hydrogens is 344 g/mol. The molecule has 2 nitrogen and oxygen atoms in total. The van der Waals surface area contributed by atoms with E-state index in [2.05, 4.69) is 60.4 Å². The van der Waals surface area contributed by atoms with Crippen molar-refractivity contribution in [2.45, 2.75) is 13.5 Å². The van der Waals surface area contributed by atoms with E-state index in [1.54, 1.807) is 0 Å². The second kappa shape index (κ2) is 5.65. The van der Waals surface area contributed by atoms with Crippen LogP contribution in [-0.2, 0) is 6.54 Å². The van der Waals surface area contributed by atoms with Crippen LogP contribution in [0.1, 0.15) is 11.1 Å². The van der Waals surface area contributed by atoms with Gasteiger partial charge in [0, 0.05) is 17.2 Å². The third kappa shape index (κ3) is 3.54. The quantitative estimate of drug-likeness (QED) is 0.875. The number of rotatable bonds is 3.